The lowest BCUT2D eigenvalue weighted by atomic mass is 9.86. The summed E-state index contributed by atoms with van der Waals surface area (Å²) in [6, 6.07) is 1.86. The number of carbonyl (C=O) groups is 2. The lowest BCUT2D eigenvalue weighted by molar-refractivity contribution is -0.148. The van der Waals surface area contributed by atoms with Crippen LogP contribution in [0.5, 0.6) is 0 Å². The van der Waals surface area contributed by atoms with Gasteiger partial charge in [0, 0.05) is 17.8 Å². The molecule has 0 fully saturated rings. The molecule has 0 bridgehead atoms. The topological polar surface area (TPSA) is 68.3 Å². The maximum absolute atomic E-state index is 11.8. The van der Waals surface area contributed by atoms with Crippen molar-refractivity contribution in [3.8, 4) is 0 Å². The predicted octanol–water partition coefficient (Wildman–Crippen LogP) is 2.67. The highest BCUT2D eigenvalue weighted by Gasteiger charge is 2.39. The summed E-state index contributed by atoms with van der Waals surface area (Å²) >= 11 is 0. The van der Waals surface area contributed by atoms with Crippen molar-refractivity contribution in [3.05, 3.63) is 29.5 Å². The average molecular weight is 288 g/mol. The van der Waals surface area contributed by atoms with Crippen LogP contribution in [-0.4, -0.2) is 22.5 Å². The smallest absolute Gasteiger partial charge is 0.331 e. The van der Waals surface area contributed by atoms with E-state index in [1.807, 2.05) is 40.7 Å². The number of fused-ring (bicyclic) bond motifs is 1. The van der Waals surface area contributed by atoms with Crippen molar-refractivity contribution in [2.75, 3.05) is 5.32 Å². The number of hydrogen-bond acceptors (Lipinski definition) is 4. The predicted molar refractivity (Wildman–Crippen MR) is 80.8 cm³/mol. The van der Waals surface area contributed by atoms with E-state index >= 15 is 0 Å². The number of hydrogen-bond donors (Lipinski definition) is 1. The Morgan fingerprint density at radius 1 is 1.38 bits per heavy atom. The summed E-state index contributed by atoms with van der Waals surface area (Å²) in [6.07, 6.45) is 4.62. The van der Waals surface area contributed by atoms with Gasteiger partial charge in [0.25, 0.3) is 0 Å². The van der Waals surface area contributed by atoms with Gasteiger partial charge in [0.1, 0.15) is 11.4 Å². The standard InChI is InChI=1S/C16H20N2O3/c1-15(2,3)21-12(19)7-6-10-8-11-13(17-9-10)18-14(20)16(11,4)5/h6-9H,1-5H3,(H,17,18,20). The molecule has 2 rings (SSSR count). The molecule has 112 valence electrons. The Bertz CT molecular complexity index is 625. The molecule has 1 N–H and O–H groups in total. The minimum absolute atomic E-state index is 0.0710. The number of rotatable bonds is 2. The molecule has 0 spiro atoms. The summed E-state index contributed by atoms with van der Waals surface area (Å²) in [5.41, 5.74) is 0.455. The molecule has 1 aliphatic rings. The monoisotopic (exact) mass is 288 g/mol. The van der Waals surface area contributed by atoms with Crippen LogP contribution in [0.15, 0.2) is 18.3 Å². The molecule has 5 heteroatoms. The van der Waals surface area contributed by atoms with E-state index in [4.69, 9.17) is 4.74 Å². The molecule has 0 saturated carbocycles. The number of anilines is 1. The van der Waals surface area contributed by atoms with E-state index in [0.29, 0.717) is 5.82 Å². The molecule has 0 aliphatic carbocycles. The normalized spacial score (nSPS) is 16.7. The van der Waals surface area contributed by atoms with Crippen molar-refractivity contribution >= 4 is 23.8 Å². The number of ether oxygens (including phenoxy) is 1. The third kappa shape index (κ3) is 3.29. The minimum Gasteiger partial charge on any atom is -0.457 e. The first-order chi connectivity index (χ1) is 9.59. The van der Waals surface area contributed by atoms with E-state index in [1.54, 1.807) is 12.3 Å². The Labute approximate surface area is 124 Å². The molecule has 5 nitrogen and oxygen atoms in total. The van der Waals surface area contributed by atoms with Gasteiger partial charge >= 0.3 is 5.97 Å². The van der Waals surface area contributed by atoms with Crippen LogP contribution < -0.4 is 5.32 Å². The first-order valence-corrected chi connectivity index (χ1v) is 6.83. The van der Waals surface area contributed by atoms with Crippen LogP contribution in [-0.2, 0) is 19.7 Å². The maximum atomic E-state index is 11.8. The highest BCUT2D eigenvalue weighted by atomic mass is 16.6. The van der Waals surface area contributed by atoms with Crippen LogP contribution in [0.2, 0.25) is 0 Å². The van der Waals surface area contributed by atoms with Gasteiger partial charge in [-0.05, 0) is 52.3 Å². The van der Waals surface area contributed by atoms with Gasteiger partial charge in [-0.1, -0.05) is 0 Å². The molecule has 0 aromatic carbocycles. The zero-order valence-corrected chi connectivity index (χ0v) is 13.0. The lowest BCUT2D eigenvalue weighted by Crippen LogP contribution is -2.26. The molecule has 0 radical (unpaired) electrons. The van der Waals surface area contributed by atoms with E-state index in [1.165, 1.54) is 6.08 Å². The number of esters is 1. The quantitative estimate of drug-likeness (QED) is 0.671. The third-order valence-electron chi connectivity index (χ3n) is 3.20. The number of nitrogens with one attached hydrogen (secondary N) is 1. The first-order valence-electron chi connectivity index (χ1n) is 6.83. The fraction of sp³-hybridized carbons (Fsp3) is 0.438. The molecule has 21 heavy (non-hydrogen) atoms. The number of pyridine rings is 1. The van der Waals surface area contributed by atoms with Crippen molar-refractivity contribution < 1.29 is 14.3 Å². The molecule has 0 unspecified atom stereocenters. The van der Waals surface area contributed by atoms with Crippen LogP contribution in [0.25, 0.3) is 6.08 Å². The van der Waals surface area contributed by atoms with Gasteiger partial charge in [-0.3, -0.25) is 4.79 Å². The zero-order valence-electron chi connectivity index (χ0n) is 13.0. The molecule has 1 aromatic rings. The maximum Gasteiger partial charge on any atom is 0.331 e. The second-order valence-corrected chi connectivity index (χ2v) is 6.61. The molecule has 1 aromatic heterocycles. The Morgan fingerprint density at radius 3 is 2.67 bits per heavy atom. The first kappa shape index (κ1) is 15.2. The van der Waals surface area contributed by atoms with Crippen LogP contribution in [0.1, 0.15) is 45.7 Å². The fourth-order valence-corrected chi connectivity index (χ4v) is 2.03. The van der Waals surface area contributed by atoms with Crippen LogP contribution in [0, 0.1) is 0 Å². The van der Waals surface area contributed by atoms with Crippen LogP contribution in [0.4, 0.5) is 5.82 Å². The lowest BCUT2D eigenvalue weighted by Gasteiger charge is -2.18. The number of nitrogens with zero attached hydrogens (tertiary/aromatic N) is 1. The third-order valence-corrected chi connectivity index (χ3v) is 3.20. The molecular formula is C16H20N2O3. The minimum atomic E-state index is -0.613. The second-order valence-electron chi connectivity index (χ2n) is 6.61. The summed E-state index contributed by atoms with van der Waals surface area (Å²) in [4.78, 5) is 27.7. The SMILES string of the molecule is CC(C)(C)OC(=O)C=Cc1cnc2c(c1)C(C)(C)C(=O)N2. The fourth-order valence-electron chi connectivity index (χ4n) is 2.03. The van der Waals surface area contributed by atoms with Gasteiger partial charge in [0.15, 0.2) is 0 Å². The van der Waals surface area contributed by atoms with E-state index in [0.717, 1.165) is 11.1 Å². The van der Waals surface area contributed by atoms with E-state index in [2.05, 4.69) is 10.3 Å². The molecule has 1 amide bonds. The van der Waals surface area contributed by atoms with Gasteiger partial charge in [-0.25, -0.2) is 9.78 Å². The summed E-state index contributed by atoms with van der Waals surface area (Å²) in [5.74, 6) is 0.106. The number of aromatic nitrogens is 1. The van der Waals surface area contributed by atoms with Gasteiger partial charge in [-0.2, -0.15) is 0 Å². The molecule has 1 aliphatic heterocycles. The Morgan fingerprint density at radius 2 is 2.05 bits per heavy atom. The van der Waals surface area contributed by atoms with Crippen molar-refractivity contribution in [2.24, 2.45) is 0 Å². The Balaban J connectivity index is 2.19. The van der Waals surface area contributed by atoms with Gasteiger partial charge < -0.3 is 10.1 Å². The molecule has 0 saturated heterocycles. The van der Waals surface area contributed by atoms with Crippen molar-refractivity contribution in [2.45, 2.75) is 45.6 Å². The van der Waals surface area contributed by atoms with Crippen molar-refractivity contribution in [1.82, 2.24) is 4.98 Å². The number of amides is 1. The summed E-state index contributed by atoms with van der Waals surface area (Å²) < 4.78 is 5.20. The summed E-state index contributed by atoms with van der Waals surface area (Å²) in [7, 11) is 0. The van der Waals surface area contributed by atoms with E-state index in [-0.39, 0.29) is 5.91 Å². The van der Waals surface area contributed by atoms with Crippen LogP contribution >= 0.6 is 0 Å². The highest BCUT2D eigenvalue weighted by molar-refractivity contribution is 6.04. The summed E-state index contributed by atoms with van der Waals surface area (Å²) in [5, 5.41) is 2.75. The van der Waals surface area contributed by atoms with Crippen molar-refractivity contribution in [1.29, 1.82) is 0 Å². The second kappa shape index (κ2) is 4.98. The summed E-state index contributed by atoms with van der Waals surface area (Å²) in [6.45, 7) is 9.13. The van der Waals surface area contributed by atoms with Gasteiger partial charge in [-0.15, -0.1) is 0 Å². The highest BCUT2D eigenvalue weighted by Crippen LogP contribution is 2.36. The molecular weight excluding hydrogens is 268 g/mol. The van der Waals surface area contributed by atoms with Gasteiger partial charge in [0.2, 0.25) is 5.91 Å². The average Bonchev–Trinajstić information content (AvgIpc) is 2.56. The number of carbonyl (C=O) groups excluding carboxylic acids is 2. The Kier molecular flexibility index (Phi) is 3.61. The largest absolute Gasteiger partial charge is 0.457 e. The van der Waals surface area contributed by atoms with Crippen molar-refractivity contribution in [3.63, 3.8) is 0 Å². The Hall–Kier alpha value is -2.17. The zero-order chi connectivity index (χ0) is 15.8. The van der Waals surface area contributed by atoms with Gasteiger partial charge in [0.05, 0.1) is 5.41 Å². The van der Waals surface area contributed by atoms with E-state index in [9.17, 15) is 9.59 Å². The van der Waals surface area contributed by atoms with Crippen LogP contribution in [0.3, 0.4) is 0 Å². The molecule has 0 atom stereocenters. The van der Waals surface area contributed by atoms with E-state index < -0.39 is 17.0 Å². The molecule has 2 heterocycles.